The normalized spacial score (nSPS) is 10.1. The maximum Gasteiger partial charge on any atom is 0.256 e. The largest absolute Gasteiger partial charge is 0.354 e. The Morgan fingerprint density at radius 2 is 1.44 bits per heavy atom. The third kappa shape index (κ3) is 5.29. The molecule has 0 saturated carbocycles. The number of halogens is 1. The summed E-state index contributed by atoms with van der Waals surface area (Å²) >= 11 is 5.82. The molecule has 0 bridgehead atoms. The van der Waals surface area contributed by atoms with Crippen molar-refractivity contribution in [2.24, 2.45) is 0 Å². The van der Waals surface area contributed by atoms with Crippen molar-refractivity contribution < 1.29 is 9.59 Å². The van der Waals surface area contributed by atoms with Crippen LogP contribution in [0.1, 0.15) is 17.3 Å². The number of carbonyl (C=O) groups is 2. The van der Waals surface area contributed by atoms with Gasteiger partial charge in [-0.1, -0.05) is 11.6 Å². The highest BCUT2D eigenvalue weighted by Gasteiger charge is 2.07. The van der Waals surface area contributed by atoms with Gasteiger partial charge in [-0.3, -0.25) is 9.59 Å². The number of aromatic nitrogens is 1. The topological polar surface area (TPSA) is 83.1 Å². The van der Waals surface area contributed by atoms with Crippen LogP contribution in [0.4, 0.5) is 22.9 Å². The molecule has 0 aliphatic rings. The molecule has 1 aromatic heterocycles. The van der Waals surface area contributed by atoms with E-state index in [2.05, 4.69) is 20.9 Å². The molecule has 0 radical (unpaired) electrons. The van der Waals surface area contributed by atoms with Gasteiger partial charge < -0.3 is 16.0 Å². The van der Waals surface area contributed by atoms with Gasteiger partial charge in [0.25, 0.3) is 5.91 Å². The first kappa shape index (κ1) is 18.4. The van der Waals surface area contributed by atoms with Crippen LogP contribution in [0.15, 0.2) is 66.9 Å². The molecule has 0 spiro atoms. The average Bonchev–Trinajstić information content (AvgIpc) is 2.65. The Morgan fingerprint density at radius 1 is 0.815 bits per heavy atom. The number of anilines is 4. The first-order valence-electron chi connectivity index (χ1n) is 8.17. The zero-order valence-electron chi connectivity index (χ0n) is 14.5. The summed E-state index contributed by atoms with van der Waals surface area (Å²) in [6.45, 7) is 1.46. The van der Waals surface area contributed by atoms with E-state index in [1.807, 2.05) is 18.2 Å². The summed E-state index contributed by atoms with van der Waals surface area (Å²) in [5.41, 5.74) is 2.85. The van der Waals surface area contributed by atoms with Gasteiger partial charge in [0.05, 0.1) is 11.9 Å². The molecular formula is C20H17ClN4O2. The zero-order chi connectivity index (χ0) is 19.2. The number of carbonyl (C=O) groups excluding carboxylic acids is 2. The van der Waals surface area contributed by atoms with E-state index >= 15 is 0 Å². The van der Waals surface area contributed by atoms with Gasteiger partial charge in [0.2, 0.25) is 5.91 Å². The fourth-order valence-electron chi connectivity index (χ4n) is 2.34. The van der Waals surface area contributed by atoms with E-state index in [4.69, 9.17) is 11.6 Å². The van der Waals surface area contributed by atoms with Crippen molar-refractivity contribution in [3.63, 3.8) is 0 Å². The minimum atomic E-state index is -0.256. The average molecular weight is 381 g/mol. The molecule has 0 atom stereocenters. The Labute approximate surface area is 161 Å². The molecule has 3 N–H and O–H groups in total. The maximum atomic E-state index is 12.2. The van der Waals surface area contributed by atoms with Crippen molar-refractivity contribution in [3.8, 4) is 0 Å². The highest BCUT2D eigenvalue weighted by molar-refractivity contribution is 6.30. The summed E-state index contributed by atoms with van der Waals surface area (Å²) in [7, 11) is 0. The number of hydrogen-bond donors (Lipinski definition) is 3. The lowest BCUT2D eigenvalue weighted by Crippen LogP contribution is -2.12. The minimum Gasteiger partial charge on any atom is -0.354 e. The molecule has 0 fully saturated rings. The fourth-order valence-corrected chi connectivity index (χ4v) is 2.46. The SMILES string of the molecule is CC(=O)Nc1ccc(Nc2ccc(NC(=O)c3ccc(Cl)cc3)nc2)cc1. The molecule has 0 aliphatic heterocycles. The van der Waals surface area contributed by atoms with Crippen LogP contribution in [0.25, 0.3) is 0 Å². The highest BCUT2D eigenvalue weighted by Crippen LogP contribution is 2.19. The van der Waals surface area contributed by atoms with E-state index in [9.17, 15) is 9.59 Å². The van der Waals surface area contributed by atoms with Crippen molar-refractivity contribution in [2.75, 3.05) is 16.0 Å². The predicted octanol–water partition coefficient (Wildman–Crippen LogP) is 4.69. The van der Waals surface area contributed by atoms with Crippen molar-refractivity contribution >= 4 is 46.3 Å². The van der Waals surface area contributed by atoms with Crippen LogP contribution in [0.3, 0.4) is 0 Å². The molecule has 27 heavy (non-hydrogen) atoms. The summed E-state index contributed by atoms with van der Waals surface area (Å²) in [5, 5.41) is 9.22. The number of nitrogens with one attached hydrogen (secondary N) is 3. The van der Waals surface area contributed by atoms with Gasteiger partial charge >= 0.3 is 0 Å². The second kappa shape index (κ2) is 8.33. The number of rotatable bonds is 5. The molecule has 3 rings (SSSR count). The Kier molecular flexibility index (Phi) is 5.68. The highest BCUT2D eigenvalue weighted by atomic mass is 35.5. The summed E-state index contributed by atoms with van der Waals surface area (Å²) < 4.78 is 0. The lowest BCUT2D eigenvalue weighted by molar-refractivity contribution is -0.114. The number of hydrogen-bond acceptors (Lipinski definition) is 4. The molecule has 2 amide bonds. The van der Waals surface area contributed by atoms with Gasteiger partial charge in [-0.05, 0) is 60.7 Å². The smallest absolute Gasteiger partial charge is 0.256 e. The zero-order valence-corrected chi connectivity index (χ0v) is 15.2. The van der Waals surface area contributed by atoms with Crippen LogP contribution >= 0.6 is 11.6 Å². The summed E-state index contributed by atoms with van der Waals surface area (Å²) in [4.78, 5) is 27.4. The van der Waals surface area contributed by atoms with E-state index in [-0.39, 0.29) is 11.8 Å². The van der Waals surface area contributed by atoms with Crippen LogP contribution in [0.2, 0.25) is 5.02 Å². The number of amides is 2. The van der Waals surface area contributed by atoms with Crippen molar-refractivity contribution in [1.29, 1.82) is 0 Å². The summed E-state index contributed by atoms with van der Waals surface area (Å²) in [6, 6.07) is 17.4. The van der Waals surface area contributed by atoms with Crippen LogP contribution in [0, 0.1) is 0 Å². The standard InChI is InChI=1S/C20H17ClN4O2/c1-13(26)23-16-6-8-17(9-7-16)24-18-10-11-19(22-12-18)25-20(27)14-2-4-15(21)5-3-14/h2-12,24H,1H3,(H,23,26)(H,22,25,27). The van der Waals surface area contributed by atoms with Gasteiger partial charge in [-0.2, -0.15) is 0 Å². The second-order valence-corrected chi connectivity index (χ2v) is 6.21. The molecule has 0 saturated heterocycles. The number of benzene rings is 2. The van der Waals surface area contributed by atoms with Crippen LogP contribution in [0.5, 0.6) is 0 Å². The van der Waals surface area contributed by atoms with E-state index in [1.165, 1.54) is 6.92 Å². The second-order valence-electron chi connectivity index (χ2n) is 5.78. The van der Waals surface area contributed by atoms with Gasteiger partial charge in [0.15, 0.2) is 0 Å². The number of nitrogens with zero attached hydrogens (tertiary/aromatic N) is 1. The molecular weight excluding hydrogens is 364 g/mol. The van der Waals surface area contributed by atoms with Crippen LogP contribution in [-0.4, -0.2) is 16.8 Å². The Hall–Kier alpha value is -3.38. The molecule has 7 heteroatoms. The van der Waals surface area contributed by atoms with Gasteiger partial charge in [-0.25, -0.2) is 4.98 Å². The maximum absolute atomic E-state index is 12.2. The van der Waals surface area contributed by atoms with E-state index in [0.717, 1.165) is 17.1 Å². The third-order valence-corrected chi connectivity index (χ3v) is 3.86. The monoisotopic (exact) mass is 380 g/mol. The van der Waals surface area contributed by atoms with Crippen LogP contribution in [-0.2, 0) is 4.79 Å². The molecule has 0 unspecified atom stereocenters. The quantitative estimate of drug-likeness (QED) is 0.599. The van der Waals surface area contributed by atoms with Crippen LogP contribution < -0.4 is 16.0 Å². The number of pyridine rings is 1. The molecule has 1 heterocycles. The third-order valence-electron chi connectivity index (χ3n) is 3.61. The first-order valence-corrected chi connectivity index (χ1v) is 8.55. The van der Waals surface area contributed by atoms with Crippen molar-refractivity contribution in [2.45, 2.75) is 6.92 Å². The summed E-state index contributed by atoms with van der Waals surface area (Å²) in [5.74, 6) is 0.0751. The lowest BCUT2D eigenvalue weighted by Gasteiger charge is -2.09. The molecule has 3 aromatic rings. The lowest BCUT2D eigenvalue weighted by atomic mass is 10.2. The Balaban J connectivity index is 1.60. The molecule has 2 aromatic carbocycles. The van der Waals surface area contributed by atoms with Crippen molar-refractivity contribution in [3.05, 3.63) is 77.4 Å². The van der Waals surface area contributed by atoms with Crippen molar-refractivity contribution in [1.82, 2.24) is 4.98 Å². The van der Waals surface area contributed by atoms with E-state index in [0.29, 0.717) is 16.4 Å². The van der Waals surface area contributed by atoms with Gasteiger partial charge in [0, 0.05) is 28.9 Å². The summed E-state index contributed by atoms with van der Waals surface area (Å²) in [6.07, 6.45) is 1.62. The minimum absolute atomic E-state index is 0.115. The van der Waals surface area contributed by atoms with E-state index < -0.39 is 0 Å². The Bertz CT molecular complexity index is 939. The van der Waals surface area contributed by atoms with Gasteiger partial charge in [-0.15, -0.1) is 0 Å². The predicted molar refractivity (Wildman–Crippen MR) is 108 cm³/mol. The fraction of sp³-hybridized carbons (Fsp3) is 0.0500. The molecule has 0 aliphatic carbocycles. The van der Waals surface area contributed by atoms with Gasteiger partial charge in [0.1, 0.15) is 5.82 Å². The Morgan fingerprint density at radius 3 is 2.04 bits per heavy atom. The van der Waals surface area contributed by atoms with E-state index in [1.54, 1.807) is 48.7 Å². The first-order chi connectivity index (χ1) is 13.0. The molecule has 136 valence electrons. The molecule has 6 nitrogen and oxygen atoms in total.